The number of ether oxygens (including phenoxy) is 1. The van der Waals surface area contributed by atoms with Gasteiger partial charge in [0.1, 0.15) is 5.75 Å². The Morgan fingerprint density at radius 2 is 1.94 bits per heavy atom. The molecule has 0 radical (unpaired) electrons. The summed E-state index contributed by atoms with van der Waals surface area (Å²) in [5.41, 5.74) is 7.50. The van der Waals surface area contributed by atoms with E-state index in [-0.39, 0.29) is 6.04 Å². The van der Waals surface area contributed by atoms with Gasteiger partial charge in [-0.1, -0.05) is 12.1 Å². The molecule has 1 aromatic carbocycles. The van der Waals surface area contributed by atoms with Crippen LogP contribution in [-0.4, -0.2) is 18.6 Å². The van der Waals surface area contributed by atoms with Crippen LogP contribution in [-0.2, 0) is 0 Å². The monoisotopic (exact) mass is 251 g/mol. The van der Waals surface area contributed by atoms with Crippen LogP contribution in [0.4, 0.5) is 0 Å². The van der Waals surface area contributed by atoms with Gasteiger partial charge in [0.15, 0.2) is 0 Å². The quantitative estimate of drug-likeness (QED) is 0.892. The van der Waals surface area contributed by atoms with E-state index < -0.39 is 0 Å². The zero-order valence-electron chi connectivity index (χ0n) is 10.4. The third kappa shape index (κ3) is 3.65. The molecule has 0 amide bonds. The molecule has 17 heavy (non-hydrogen) atoms. The van der Waals surface area contributed by atoms with Gasteiger partial charge in [-0.25, -0.2) is 0 Å². The van der Waals surface area contributed by atoms with Gasteiger partial charge in [-0.05, 0) is 54.4 Å². The average molecular weight is 251 g/mol. The Morgan fingerprint density at radius 1 is 1.29 bits per heavy atom. The molecule has 1 atom stereocenters. The van der Waals surface area contributed by atoms with Crippen LogP contribution in [0.2, 0.25) is 0 Å². The average Bonchev–Trinajstić information content (AvgIpc) is 2.40. The van der Waals surface area contributed by atoms with Crippen molar-refractivity contribution in [2.45, 2.75) is 25.3 Å². The molecule has 2 nitrogen and oxygen atoms in total. The number of nitrogens with two attached hydrogens (primary N) is 1. The minimum Gasteiger partial charge on any atom is -0.497 e. The highest BCUT2D eigenvalue weighted by Gasteiger charge is 2.17. The molecule has 0 saturated carbocycles. The summed E-state index contributed by atoms with van der Waals surface area (Å²) in [7, 11) is 1.69. The predicted octanol–water partition coefficient (Wildman–Crippen LogP) is 3.23. The molecular weight excluding hydrogens is 230 g/mol. The van der Waals surface area contributed by atoms with Gasteiger partial charge in [0.2, 0.25) is 0 Å². The largest absolute Gasteiger partial charge is 0.497 e. The maximum Gasteiger partial charge on any atom is 0.118 e. The van der Waals surface area contributed by atoms with Crippen molar-refractivity contribution in [2.24, 2.45) is 11.7 Å². The van der Waals surface area contributed by atoms with Crippen molar-refractivity contribution in [2.75, 3.05) is 18.6 Å². The van der Waals surface area contributed by atoms with Crippen LogP contribution < -0.4 is 10.5 Å². The lowest BCUT2D eigenvalue weighted by molar-refractivity contribution is 0.408. The Labute approximate surface area is 108 Å². The summed E-state index contributed by atoms with van der Waals surface area (Å²) >= 11 is 2.07. The predicted molar refractivity (Wildman–Crippen MR) is 74.6 cm³/mol. The highest BCUT2D eigenvalue weighted by molar-refractivity contribution is 7.99. The van der Waals surface area contributed by atoms with Gasteiger partial charge in [-0.15, -0.1) is 0 Å². The minimum atomic E-state index is 0.175. The molecule has 0 aromatic heterocycles. The molecule has 1 aromatic rings. The van der Waals surface area contributed by atoms with E-state index in [4.69, 9.17) is 10.5 Å². The second-order valence-corrected chi connectivity index (χ2v) is 5.90. The summed E-state index contributed by atoms with van der Waals surface area (Å²) in [6.45, 7) is 0. The summed E-state index contributed by atoms with van der Waals surface area (Å²) in [4.78, 5) is 0. The molecule has 2 rings (SSSR count). The van der Waals surface area contributed by atoms with Crippen molar-refractivity contribution in [1.29, 1.82) is 0 Å². The zero-order chi connectivity index (χ0) is 12.1. The molecule has 0 bridgehead atoms. The van der Waals surface area contributed by atoms with Crippen molar-refractivity contribution in [3.05, 3.63) is 29.8 Å². The lowest BCUT2D eigenvalue weighted by atomic mass is 9.91. The molecule has 94 valence electrons. The number of thioether (sulfide) groups is 1. The first-order valence-corrected chi connectivity index (χ1v) is 7.42. The standard InChI is InChI=1S/C14H21NOS/c1-16-13-4-2-12(3-5-13)14(15)10-11-6-8-17-9-7-11/h2-5,11,14H,6-10,15H2,1H3. The fourth-order valence-electron chi connectivity index (χ4n) is 2.33. The van der Waals surface area contributed by atoms with Crippen LogP contribution in [0.3, 0.4) is 0 Å². The maximum absolute atomic E-state index is 6.27. The van der Waals surface area contributed by atoms with E-state index in [1.165, 1.54) is 29.9 Å². The van der Waals surface area contributed by atoms with Crippen molar-refractivity contribution in [3.63, 3.8) is 0 Å². The van der Waals surface area contributed by atoms with Gasteiger partial charge >= 0.3 is 0 Å². The van der Waals surface area contributed by atoms with Crippen LogP contribution in [0.5, 0.6) is 5.75 Å². The van der Waals surface area contributed by atoms with Crippen LogP contribution in [0.1, 0.15) is 30.9 Å². The number of hydrogen-bond donors (Lipinski definition) is 1. The fraction of sp³-hybridized carbons (Fsp3) is 0.571. The molecule has 0 spiro atoms. The Bertz CT molecular complexity index is 333. The number of hydrogen-bond acceptors (Lipinski definition) is 3. The minimum absolute atomic E-state index is 0.175. The zero-order valence-corrected chi connectivity index (χ0v) is 11.2. The van der Waals surface area contributed by atoms with Gasteiger partial charge in [0, 0.05) is 6.04 Å². The van der Waals surface area contributed by atoms with Crippen molar-refractivity contribution >= 4 is 11.8 Å². The lowest BCUT2D eigenvalue weighted by Gasteiger charge is -2.24. The molecule has 3 heteroatoms. The molecule has 2 N–H and O–H groups in total. The molecule has 1 fully saturated rings. The van der Waals surface area contributed by atoms with Crippen molar-refractivity contribution in [3.8, 4) is 5.75 Å². The third-order valence-electron chi connectivity index (χ3n) is 3.47. The first-order valence-electron chi connectivity index (χ1n) is 6.27. The highest BCUT2D eigenvalue weighted by Crippen LogP contribution is 2.30. The molecule has 1 aliphatic heterocycles. The van der Waals surface area contributed by atoms with Crippen molar-refractivity contribution in [1.82, 2.24) is 0 Å². The summed E-state index contributed by atoms with van der Waals surface area (Å²) < 4.78 is 5.16. The molecular formula is C14H21NOS. The molecule has 1 aliphatic rings. The summed E-state index contributed by atoms with van der Waals surface area (Å²) in [6, 6.07) is 8.33. The lowest BCUT2D eigenvalue weighted by Crippen LogP contribution is -2.18. The smallest absolute Gasteiger partial charge is 0.118 e. The summed E-state index contributed by atoms with van der Waals surface area (Å²) in [6.07, 6.45) is 3.77. The molecule has 1 unspecified atom stereocenters. The summed E-state index contributed by atoms with van der Waals surface area (Å²) in [5, 5.41) is 0. The Balaban J connectivity index is 1.91. The first-order chi connectivity index (χ1) is 8.29. The first kappa shape index (κ1) is 12.8. The van der Waals surface area contributed by atoms with E-state index in [1.54, 1.807) is 7.11 Å². The summed E-state index contributed by atoms with van der Waals surface area (Å²) in [5.74, 6) is 4.32. The second-order valence-electron chi connectivity index (χ2n) is 4.67. The van der Waals surface area contributed by atoms with E-state index in [9.17, 15) is 0 Å². The van der Waals surface area contributed by atoms with E-state index in [0.29, 0.717) is 0 Å². The number of rotatable bonds is 4. The molecule has 1 heterocycles. The van der Waals surface area contributed by atoms with Gasteiger partial charge < -0.3 is 10.5 Å². The van der Waals surface area contributed by atoms with E-state index in [1.807, 2.05) is 12.1 Å². The topological polar surface area (TPSA) is 35.2 Å². The normalized spacial score (nSPS) is 18.9. The highest BCUT2D eigenvalue weighted by atomic mass is 32.2. The second kappa shape index (κ2) is 6.31. The molecule has 0 aliphatic carbocycles. The fourth-order valence-corrected chi connectivity index (χ4v) is 3.53. The van der Waals surface area contributed by atoms with E-state index >= 15 is 0 Å². The van der Waals surface area contributed by atoms with Crippen molar-refractivity contribution < 1.29 is 4.74 Å². The Hall–Kier alpha value is -0.670. The van der Waals surface area contributed by atoms with Crippen LogP contribution in [0.15, 0.2) is 24.3 Å². The van der Waals surface area contributed by atoms with Crippen LogP contribution in [0, 0.1) is 5.92 Å². The van der Waals surface area contributed by atoms with Crippen LogP contribution >= 0.6 is 11.8 Å². The Kier molecular flexibility index (Phi) is 4.75. The maximum atomic E-state index is 6.27. The van der Waals surface area contributed by atoms with Gasteiger partial charge in [0.05, 0.1) is 7.11 Å². The van der Waals surface area contributed by atoms with Gasteiger partial charge in [-0.3, -0.25) is 0 Å². The number of benzene rings is 1. The third-order valence-corrected chi connectivity index (χ3v) is 4.52. The van der Waals surface area contributed by atoms with Crippen LogP contribution in [0.25, 0.3) is 0 Å². The van der Waals surface area contributed by atoms with E-state index in [0.717, 1.165) is 18.1 Å². The van der Waals surface area contributed by atoms with Gasteiger partial charge in [-0.2, -0.15) is 11.8 Å². The van der Waals surface area contributed by atoms with Gasteiger partial charge in [0.25, 0.3) is 0 Å². The molecule has 1 saturated heterocycles. The SMILES string of the molecule is COc1ccc(C(N)CC2CCSCC2)cc1. The Morgan fingerprint density at radius 3 is 2.53 bits per heavy atom. The number of methoxy groups -OCH3 is 1. The van der Waals surface area contributed by atoms with E-state index in [2.05, 4.69) is 23.9 Å².